The molecule has 0 radical (unpaired) electrons. The molecule has 0 bridgehead atoms. The van der Waals surface area contributed by atoms with E-state index in [1.54, 1.807) is 0 Å². The van der Waals surface area contributed by atoms with Crippen molar-refractivity contribution in [2.24, 2.45) is 5.92 Å². The van der Waals surface area contributed by atoms with E-state index in [-0.39, 0.29) is 6.10 Å². The molecule has 5 nitrogen and oxygen atoms in total. The van der Waals surface area contributed by atoms with Gasteiger partial charge in [0.2, 0.25) is 5.89 Å². The van der Waals surface area contributed by atoms with Crippen molar-refractivity contribution < 1.29 is 9.63 Å². The molecule has 1 N–H and O–H groups in total. The van der Waals surface area contributed by atoms with Gasteiger partial charge in [0.1, 0.15) is 0 Å². The minimum absolute atomic E-state index is 0.389. The molecule has 5 heteroatoms. The summed E-state index contributed by atoms with van der Waals surface area (Å²) >= 11 is 0. The van der Waals surface area contributed by atoms with Crippen LogP contribution in [0.25, 0.3) is 0 Å². The number of piperidine rings is 1. The van der Waals surface area contributed by atoms with Gasteiger partial charge in [-0.25, -0.2) is 0 Å². The molecule has 1 atom stereocenters. The van der Waals surface area contributed by atoms with E-state index in [4.69, 9.17) is 4.52 Å². The topological polar surface area (TPSA) is 62.4 Å². The molecule has 1 fully saturated rings. The van der Waals surface area contributed by atoms with Crippen LogP contribution in [0.3, 0.4) is 0 Å². The summed E-state index contributed by atoms with van der Waals surface area (Å²) in [6.07, 6.45) is 4.51. The highest BCUT2D eigenvalue weighted by Crippen LogP contribution is 2.17. The molecule has 2 rings (SSSR count). The van der Waals surface area contributed by atoms with Crippen LogP contribution in [0.1, 0.15) is 45.4 Å². The monoisotopic (exact) mass is 253 g/mol. The predicted octanol–water partition coefficient (Wildman–Crippen LogP) is 2.01. The summed E-state index contributed by atoms with van der Waals surface area (Å²) < 4.78 is 5.21. The van der Waals surface area contributed by atoms with Crippen LogP contribution < -0.4 is 4.90 Å². The van der Waals surface area contributed by atoms with Crippen molar-refractivity contribution in [1.82, 2.24) is 10.1 Å². The molecular formula is C13H23N3O2. The fraction of sp³-hybridized carbons (Fsp3) is 0.846. The van der Waals surface area contributed by atoms with E-state index in [2.05, 4.69) is 28.9 Å². The highest BCUT2D eigenvalue weighted by Gasteiger charge is 2.18. The molecule has 2 heterocycles. The van der Waals surface area contributed by atoms with Gasteiger partial charge in [-0.3, -0.25) is 0 Å². The molecule has 1 aromatic heterocycles. The van der Waals surface area contributed by atoms with E-state index in [9.17, 15) is 5.11 Å². The first-order valence-electron chi connectivity index (χ1n) is 6.90. The molecule has 0 saturated carbocycles. The fourth-order valence-electron chi connectivity index (χ4n) is 2.38. The standard InChI is InChI=1S/C13H23N3O2/c1-10(2)8-11(17)9-12-14-13(15-18-12)16-6-4-3-5-7-16/h10-11,17H,3-9H2,1-2H3. The summed E-state index contributed by atoms with van der Waals surface area (Å²) in [7, 11) is 0. The molecule has 0 aromatic carbocycles. The van der Waals surface area contributed by atoms with Crippen molar-refractivity contribution in [2.45, 2.75) is 52.1 Å². The number of anilines is 1. The van der Waals surface area contributed by atoms with Crippen LogP contribution >= 0.6 is 0 Å². The van der Waals surface area contributed by atoms with Gasteiger partial charge in [0.15, 0.2) is 0 Å². The molecular weight excluding hydrogens is 230 g/mol. The van der Waals surface area contributed by atoms with Crippen molar-refractivity contribution in [2.75, 3.05) is 18.0 Å². The number of hydrogen-bond acceptors (Lipinski definition) is 5. The molecule has 0 spiro atoms. The van der Waals surface area contributed by atoms with E-state index in [0.717, 1.165) is 19.5 Å². The summed E-state index contributed by atoms with van der Waals surface area (Å²) in [5.74, 6) is 1.70. The summed E-state index contributed by atoms with van der Waals surface area (Å²) in [6.45, 7) is 6.20. The largest absolute Gasteiger partial charge is 0.393 e. The van der Waals surface area contributed by atoms with E-state index in [1.807, 2.05) is 0 Å². The van der Waals surface area contributed by atoms with Crippen molar-refractivity contribution >= 4 is 5.95 Å². The summed E-state index contributed by atoms with van der Waals surface area (Å²) in [4.78, 5) is 6.53. The Kier molecular flexibility index (Phi) is 4.58. The second-order valence-corrected chi connectivity index (χ2v) is 5.52. The lowest BCUT2D eigenvalue weighted by Crippen LogP contribution is -2.30. The van der Waals surface area contributed by atoms with Gasteiger partial charge in [-0.15, -0.1) is 0 Å². The number of rotatable bonds is 5. The van der Waals surface area contributed by atoms with Crippen molar-refractivity contribution in [3.05, 3.63) is 5.89 Å². The highest BCUT2D eigenvalue weighted by molar-refractivity contribution is 5.28. The minimum Gasteiger partial charge on any atom is -0.393 e. The minimum atomic E-state index is -0.389. The Bertz CT molecular complexity index is 359. The SMILES string of the molecule is CC(C)CC(O)Cc1nc(N2CCCCC2)no1. The third kappa shape index (κ3) is 3.70. The third-order valence-electron chi connectivity index (χ3n) is 3.25. The molecule has 1 saturated heterocycles. The zero-order valence-corrected chi connectivity index (χ0v) is 11.3. The van der Waals surface area contributed by atoms with Crippen LogP contribution in [0.4, 0.5) is 5.95 Å². The Morgan fingerprint density at radius 1 is 1.28 bits per heavy atom. The van der Waals surface area contributed by atoms with E-state index in [0.29, 0.717) is 24.2 Å². The van der Waals surface area contributed by atoms with Crippen molar-refractivity contribution in [3.8, 4) is 0 Å². The summed E-state index contributed by atoms with van der Waals surface area (Å²) in [6, 6.07) is 0. The molecule has 0 amide bonds. The number of aromatic nitrogens is 2. The molecule has 0 aliphatic carbocycles. The van der Waals surface area contributed by atoms with Gasteiger partial charge in [-0.2, -0.15) is 4.98 Å². The Balaban J connectivity index is 1.89. The molecule has 1 aliphatic heterocycles. The van der Waals surface area contributed by atoms with Gasteiger partial charge in [-0.05, 0) is 36.8 Å². The average Bonchev–Trinajstić information content (AvgIpc) is 2.77. The number of nitrogens with zero attached hydrogens (tertiary/aromatic N) is 3. The van der Waals surface area contributed by atoms with E-state index in [1.165, 1.54) is 19.3 Å². The first-order chi connectivity index (χ1) is 8.65. The first kappa shape index (κ1) is 13.3. The van der Waals surface area contributed by atoms with Gasteiger partial charge in [0.25, 0.3) is 5.95 Å². The Hall–Kier alpha value is -1.10. The quantitative estimate of drug-likeness (QED) is 0.869. The first-order valence-corrected chi connectivity index (χ1v) is 6.90. The second kappa shape index (κ2) is 6.18. The Morgan fingerprint density at radius 3 is 2.67 bits per heavy atom. The predicted molar refractivity (Wildman–Crippen MR) is 69.5 cm³/mol. The van der Waals surface area contributed by atoms with Gasteiger partial charge < -0.3 is 14.5 Å². The number of aliphatic hydroxyl groups is 1. The molecule has 102 valence electrons. The van der Waals surface area contributed by atoms with E-state index >= 15 is 0 Å². The normalized spacial score (nSPS) is 18.3. The Morgan fingerprint density at radius 2 is 2.00 bits per heavy atom. The van der Waals surface area contributed by atoms with Crippen LogP contribution in [0.15, 0.2) is 4.52 Å². The van der Waals surface area contributed by atoms with Crippen molar-refractivity contribution in [3.63, 3.8) is 0 Å². The molecule has 1 aliphatic rings. The average molecular weight is 253 g/mol. The van der Waals surface area contributed by atoms with Crippen LogP contribution in [-0.2, 0) is 6.42 Å². The smallest absolute Gasteiger partial charge is 0.266 e. The third-order valence-corrected chi connectivity index (χ3v) is 3.25. The van der Waals surface area contributed by atoms with Crippen molar-refractivity contribution in [1.29, 1.82) is 0 Å². The highest BCUT2D eigenvalue weighted by atomic mass is 16.5. The number of hydrogen-bond donors (Lipinski definition) is 1. The molecule has 1 unspecified atom stereocenters. The lowest BCUT2D eigenvalue weighted by molar-refractivity contribution is 0.138. The van der Waals surface area contributed by atoms with Gasteiger partial charge in [-0.1, -0.05) is 13.8 Å². The lowest BCUT2D eigenvalue weighted by Gasteiger charge is -2.24. The zero-order chi connectivity index (χ0) is 13.0. The lowest BCUT2D eigenvalue weighted by atomic mass is 10.0. The second-order valence-electron chi connectivity index (χ2n) is 5.52. The van der Waals surface area contributed by atoms with Crippen LogP contribution in [0.5, 0.6) is 0 Å². The zero-order valence-electron chi connectivity index (χ0n) is 11.3. The summed E-state index contributed by atoms with van der Waals surface area (Å²) in [5, 5.41) is 13.9. The summed E-state index contributed by atoms with van der Waals surface area (Å²) in [5.41, 5.74) is 0. The van der Waals surface area contributed by atoms with E-state index < -0.39 is 0 Å². The number of aliphatic hydroxyl groups excluding tert-OH is 1. The molecule has 1 aromatic rings. The van der Waals surface area contributed by atoms with Gasteiger partial charge >= 0.3 is 0 Å². The van der Waals surface area contributed by atoms with Crippen LogP contribution in [0, 0.1) is 5.92 Å². The Labute approximate surface area is 108 Å². The fourth-order valence-corrected chi connectivity index (χ4v) is 2.38. The van der Waals surface area contributed by atoms with Gasteiger partial charge in [0, 0.05) is 13.1 Å². The maximum atomic E-state index is 9.85. The maximum absolute atomic E-state index is 9.85. The van der Waals surface area contributed by atoms with Gasteiger partial charge in [0.05, 0.1) is 12.5 Å². The molecule has 18 heavy (non-hydrogen) atoms. The van der Waals surface area contributed by atoms with Crippen LogP contribution in [-0.4, -0.2) is 34.4 Å². The maximum Gasteiger partial charge on any atom is 0.266 e. The van der Waals surface area contributed by atoms with Crippen LogP contribution in [0.2, 0.25) is 0 Å².